The van der Waals surface area contributed by atoms with E-state index in [1.807, 2.05) is 32.2 Å². The summed E-state index contributed by atoms with van der Waals surface area (Å²) >= 11 is 0. The molecular weight excluding hydrogens is 310 g/mol. The number of aromatic amines is 1. The highest BCUT2D eigenvalue weighted by molar-refractivity contribution is 6.01. The molecule has 0 saturated heterocycles. The second kappa shape index (κ2) is 6.71. The lowest BCUT2D eigenvalue weighted by molar-refractivity contribution is 0.0717. The molecule has 0 unspecified atom stereocenters. The van der Waals surface area contributed by atoms with E-state index in [-0.39, 0.29) is 11.9 Å². The fourth-order valence-electron chi connectivity index (χ4n) is 3.57. The molecule has 1 amide bonds. The van der Waals surface area contributed by atoms with Gasteiger partial charge < -0.3 is 9.88 Å². The molecule has 2 heterocycles. The summed E-state index contributed by atoms with van der Waals surface area (Å²) in [6.07, 6.45) is 2.59. The van der Waals surface area contributed by atoms with E-state index in [0.29, 0.717) is 5.69 Å². The Morgan fingerprint density at radius 1 is 1.24 bits per heavy atom. The van der Waals surface area contributed by atoms with Crippen molar-refractivity contribution in [2.24, 2.45) is 0 Å². The van der Waals surface area contributed by atoms with Crippen LogP contribution in [0.1, 0.15) is 52.3 Å². The zero-order valence-corrected chi connectivity index (χ0v) is 15.6. The summed E-state index contributed by atoms with van der Waals surface area (Å²) in [5.74, 6) is 0.00301. The van der Waals surface area contributed by atoms with Gasteiger partial charge in [0.1, 0.15) is 5.69 Å². The van der Waals surface area contributed by atoms with Gasteiger partial charge in [-0.15, -0.1) is 0 Å². The van der Waals surface area contributed by atoms with E-state index >= 15 is 0 Å². The van der Waals surface area contributed by atoms with Crippen molar-refractivity contribution in [3.8, 4) is 0 Å². The van der Waals surface area contributed by atoms with Crippen LogP contribution in [0.2, 0.25) is 0 Å². The molecule has 0 fully saturated rings. The molecular formula is C21H25N3O. The lowest BCUT2D eigenvalue weighted by Gasteiger charge is -2.26. The van der Waals surface area contributed by atoms with E-state index in [1.165, 1.54) is 5.56 Å². The van der Waals surface area contributed by atoms with Gasteiger partial charge in [0.25, 0.3) is 5.91 Å². The summed E-state index contributed by atoms with van der Waals surface area (Å²) in [7, 11) is 1.86. The van der Waals surface area contributed by atoms with Crippen molar-refractivity contribution in [1.82, 2.24) is 14.9 Å². The lowest BCUT2D eigenvalue weighted by Crippen LogP contribution is -2.32. The molecule has 25 heavy (non-hydrogen) atoms. The Morgan fingerprint density at radius 3 is 2.64 bits per heavy atom. The molecule has 0 aliphatic carbocycles. The Balaban J connectivity index is 2.01. The molecule has 2 aromatic heterocycles. The third-order valence-corrected chi connectivity index (χ3v) is 4.93. The van der Waals surface area contributed by atoms with Crippen molar-refractivity contribution in [3.63, 3.8) is 0 Å². The van der Waals surface area contributed by atoms with Crippen molar-refractivity contribution in [1.29, 1.82) is 0 Å². The van der Waals surface area contributed by atoms with Crippen LogP contribution >= 0.6 is 0 Å². The molecule has 0 aliphatic rings. The van der Waals surface area contributed by atoms with E-state index in [4.69, 9.17) is 0 Å². The first kappa shape index (κ1) is 17.2. The number of carbonyl (C=O) groups excluding carboxylic acids is 1. The van der Waals surface area contributed by atoms with Gasteiger partial charge in [0.2, 0.25) is 0 Å². The summed E-state index contributed by atoms with van der Waals surface area (Å²) in [5.41, 5.74) is 6.01. The van der Waals surface area contributed by atoms with Crippen molar-refractivity contribution in [2.75, 3.05) is 7.05 Å². The number of rotatable bonds is 4. The van der Waals surface area contributed by atoms with Crippen LogP contribution in [-0.2, 0) is 0 Å². The van der Waals surface area contributed by atoms with Crippen LogP contribution in [0, 0.1) is 20.8 Å². The number of aryl methyl sites for hydroxylation is 3. The first-order valence-corrected chi connectivity index (χ1v) is 8.71. The largest absolute Gasteiger partial charge is 0.350 e. The smallest absolute Gasteiger partial charge is 0.270 e. The summed E-state index contributed by atoms with van der Waals surface area (Å²) < 4.78 is 0. The highest BCUT2D eigenvalue weighted by atomic mass is 16.2. The molecule has 0 radical (unpaired) electrons. The highest BCUT2D eigenvalue weighted by Crippen LogP contribution is 2.29. The van der Waals surface area contributed by atoms with Gasteiger partial charge in [0, 0.05) is 24.1 Å². The second-order valence-corrected chi connectivity index (χ2v) is 6.72. The van der Waals surface area contributed by atoms with Crippen LogP contribution in [0.4, 0.5) is 0 Å². The average molecular weight is 335 g/mol. The van der Waals surface area contributed by atoms with Crippen LogP contribution < -0.4 is 0 Å². The summed E-state index contributed by atoms with van der Waals surface area (Å²) in [6.45, 7) is 8.25. The van der Waals surface area contributed by atoms with Crippen LogP contribution in [0.3, 0.4) is 0 Å². The maximum atomic E-state index is 13.2. The Morgan fingerprint density at radius 2 is 2.00 bits per heavy atom. The van der Waals surface area contributed by atoms with E-state index in [9.17, 15) is 4.79 Å². The van der Waals surface area contributed by atoms with Gasteiger partial charge in [0.15, 0.2) is 0 Å². The van der Waals surface area contributed by atoms with Gasteiger partial charge >= 0.3 is 0 Å². The third kappa shape index (κ3) is 3.04. The minimum absolute atomic E-state index is 0.00301. The minimum Gasteiger partial charge on any atom is -0.350 e. The number of hydrogen-bond donors (Lipinski definition) is 1. The number of nitrogens with zero attached hydrogens (tertiary/aromatic N) is 2. The van der Waals surface area contributed by atoms with Gasteiger partial charge in [-0.2, -0.15) is 0 Å². The summed E-state index contributed by atoms with van der Waals surface area (Å²) in [4.78, 5) is 22.8. The Kier molecular flexibility index (Phi) is 4.62. The van der Waals surface area contributed by atoms with Gasteiger partial charge in [-0.1, -0.05) is 24.6 Å². The zero-order valence-electron chi connectivity index (χ0n) is 15.6. The Bertz CT molecular complexity index is 912. The van der Waals surface area contributed by atoms with Gasteiger partial charge in [-0.25, -0.2) is 0 Å². The third-order valence-electron chi connectivity index (χ3n) is 4.93. The maximum absolute atomic E-state index is 13.2. The van der Waals surface area contributed by atoms with Crippen molar-refractivity contribution < 1.29 is 4.79 Å². The molecule has 1 atom stereocenters. The summed E-state index contributed by atoms with van der Waals surface area (Å²) in [6, 6.07) is 10.1. The van der Waals surface area contributed by atoms with Crippen LogP contribution in [0.25, 0.3) is 10.9 Å². The zero-order chi connectivity index (χ0) is 18.1. The molecule has 0 aliphatic heterocycles. The molecule has 0 bridgehead atoms. The minimum atomic E-state index is -0.0395. The average Bonchev–Trinajstić information content (AvgIpc) is 2.93. The number of hydrogen-bond acceptors (Lipinski definition) is 2. The SMILES string of the molecule is CC[C@@H](c1ccccn1)N(C)C(=O)c1[nH]c2c(C)cc(C)cc2c1C. The van der Waals surface area contributed by atoms with E-state index in [2.05, 4.69) is 42.9 Å². The monoisotopic (exact) mass is 335 g/mol. The predicted molar refractivity (Wildman–Crippen MR) is 102 cm³/mol. The van der Waals surface area contributed by atoms with Gasteiger partial charge in [-0.3, -0.25) is 9.78 Å². The Hall–Kier alpha value is -2.62. The van der Waals surface area contributed by atoms with Crippen molar-refractivity contribution in [2.45, 2.75) is 40.2 Å². The second-order valence-electron chi connectivity index (χ2n) is 6.72. The number of H-pyrrole nitrogens is 1. The first-order valence-electron chi connectivity index (χ1n) is 8.71. The normalized spacial score (nSPS) is 12.4. The molecule has 3 rings (SSSR count). The number of carbonyl (C=O) groups is 1. The van der Waals surface area contributed by atoms with Gasteiger partial charge in [-0.05, 0) is 56.5 Å². The fourth-order valence-corrected chi connectivity index (χ4v) is 3.57. The topological polar surface area (TPSA) is 49.0 Å². The molecule has 3 aromatic rings. The van der Waals surface area contributed by atoms with Crippen LogP contribution in [-0.4, -0.2) is 27.8 Å². The van der Waals surface area contributed by atoms with E-state index in [1.54, 1.807) is 11.1 Å². The molecule has 1 aromatic carbocycles. The molecule has 4 heteroatoms. The lowest BCUT2D eigenvalue weighted by atomic mass is 10.0. The number of amides is 1. The van der Waals surface area contributed by atoms with E-state index < -0.39 is 0 Å². The fraction of sp³-hybridized carbons (Fsp3) is 0.333. The highest BCUT2D eigenvalue weighted by Gasteiger charge is 2.25. The molecule has 0 spiro atoms. The number of benzene rings is 1. The molecule has 130 valence electrons. The van der Waals surface area contributed by atoms with Crippen molar-refractivity contribution >= 4 is 16.8 Å². The number of aromatic nitrogens is 2. The predicted octanol–water partition coefficient (Wildman–Crippen LogP) is 4.71. The van der Waals surface area contributed by atoms with Crippen LogP contribution in [0.5, 0.6) is 0 Å². The van der Waals surface area contributed by atoms with Crippen LogP contribution in [0.15, 0.2) is 36.5 Å². The maximum Gasteiger partial charge on any atom is 0.270 e. The molecule has 4 nitrogen and oxygen atoms in total. The number of pyridine rings is 1. The standard InChI is InChI=1S/C21H25N3O/c1-6-18(17-9-7-8-10-22-17)24(5)21(25)20-15(4)16-12-13(2)11-14(3)19(16)23-20/h7-12,18,23H,6H2,1-5H3/t18-/m0/s1. The van der Waals surface area contributed by atoms with Gasteiger partial charge in [0.05, 0.1) is 11.7 Å². The van der Waals surface area contributed by atoms with Crippen molar-refractivity contribution in [3.05, 3.63) is 64.6 Å². The molecule has 1 N–H and O–H groups in total. The summed E-state index contributed by atoms with van der Waals surface area (Å²) in [5, 5.41) is 1.13. The first-order chi connectivity index (χ1) is 11.9. The Labute approximate surface area is 148 Å². The number of nitrogens with one attached hydrogen (secondary N) is 1. The quantitative estimate of drug-likeness (QED) is 0.750. The molecule has 0 saturated carbocycles. The van der Waals surface area contributed by atoms with E-state index in [0.717, 1.165) is 34.1 Å². The number of fused-ring (bicyclic) bond motifs is 1.